The number of piperazine rings is 1. The van der Waals surface area contributed by atoms with E-state index < -0.39 is 10.0 Å². The molecule has 1 heterocycles. The van der Waals surface area contributed by atoms with Gasteiger partial charge in [0.25, 0.3) is 0 Å². The molecule has 1 aliphatic heterocycles. The van der Waals surface area contributed by atoms with Gasteiger partial charge >= 0.3 is 0 Å². The molecule has 0 radical (unpaired) electrons. The van der Waals surface area contributed by atoms with Crippen molar-refractivity contribution in [3.8, 4) is 0 Å². The number of rotatable bonds is 5. The van der Waals surface area contributed by atoms with Crippen LogP contribution in [0.2, 0.25) is 0 Å². The van der Waals surface area contributed by atoms with Gasteiger partial charge in [0.1, 0.15) is 6.54 Å². The number of benzene rings is 2. The zero-order valence-electron chi connectivity index (χ0n) is 14.8. The molecule has 6 nitrogen and oxygen atoms in total. The number of carbonyl (C=O) groups excluding carboxylic acids is 1. The molecule has 2 aromatic rings. The van der Waals surface area contributed by atoms with Gasteiger partial charge in [-0.2, -0.15) is 0 Å². The third-order valence-corrected chi connectivity index (χ3v) is 5.62. The molecule has 0 spiro atoms. The van der Waals surface area contributed by atoms with Crippen molar-refractivity contribution in [3.05, 3.63) is 60.7 Å². The van der Waals surface area contributed by atoms with E-state index >= 15 is 0 Å². The third kappa shape index (κ3) is 4.35. The number of carbonyl (C=O) groups is 1. The first-order chi connectivity index (χ1) is 12.4. The predicted octanol–water partition coefficient (Wildman–Crippen LogP) is 1.80. The average molecular weight is 373 g/mol. The molecule has 0 bridgehead atoms. The van der Waals surface area contributed by atoms with Crippen molar-refractivity contribution in [2.75, 3.05) is 48.2 Å². The van der Waals surface area contributed by atoms with E-state index in [1.807, 2.05) is 24.3 Å². The monoisotopic (exact) mass is 373 g/mol. The van der Waals surface area contributed by atoms with Crippen molar-refractivity contribution in [1.82, 2.24) is 4.90 Å². The lowest BCUT2D eigenvalue weighted by molar-refractivity contribution is -0.129. The molecule has 2 aromatic carbocycles. The summed E-state index contributed by atoms with van der Waals surface area (Å²) in [5, 5.41) is 0. The average Bonchev–Trinajstić information content (AvgIpc) is 2.66. The number of amides is 1. The molecule has 0 aliphatic carbocycles. The Hall–Kier alpha value is -2.54. The maximum absolute atomic E-state index is 12.7. The van der Waals surface area contributed by atoms with Gasteiger partial charge in [0.2, 0.25) is 15.9 Å². The first-order valence-electron chi connectivity index (χ1n) is 8.56. The lowest BCUT2D eigenvalue weighted by Crippen LogP contribution is -2.51. The molecule has 7 heteroatoms. The Labute approximate surface area is 154 Å². The molecule has 1 fully saturated rings. The van der Waals surface area contributed by atoms with Crippen molar-refractivity contribution < 1.29 is 13.2 Å². The fraction of sp³-hybridized carbons (Fsp3) is 0.316. The minimum atomic E-state index is -3.53. The first-order valence-corrected chi connectivity index (χ1v) is 10.4. The van der Waals surface area contributed by atoms with E-state index in [0.29, 0.717) is 18.8 Å². The van der Waals surface area contributed by atoms with E-state index in [9.17, 15) is 13.2 Å². The van der Waals surface area contributed by atoms with E-state index in [-0.39, 0.29) is 12.5 Å². The minimum absolute atomic E-state index is 0.172. The fourth-order valence-corrected chi connectivity index (χ4v) is 3.92. The second-order valence-electron chi connectivity index (χ2n) is 6.31. The van der Waals surface area contributed by atoms with Gasteiger partial charge in [0, 0.05) is 31.9 Å². The molecule has 26 heavy (non-hydrogen) atoms. The maximum Gasteiger partial charge on any atom is 0.243 e. The van der Waals surface area contributed by atoms with Gasteiger partial charge in [-0.25, -0.2) is 8.42 Å². The number of hydrogen-bond donors (Lipinski definition) is 0. The molecular formula is C19H23N3O3S. The number of para-hydroxylation sites is 2. The van der Waals surface area contributed by atoms with E-state index in [1.54, 1.807) is 29.2 Å². The number of hydrogen-bond acceptors (Lipinski definition) is 4. The molecule has 0 N–H and O–H groups in total. The quantitative estimate of drug-likeness (QED) is 0.802. The van der Waals surface area contributed by atoms with Crippen LogP contribution < -0.4 is 9.21 Å². The van der Waals surface area contributed by atoms with Gasteiger partial charge in [-0.3, -0.25) is 9.10 Å². The van der Waals surface area contributed by atoms with Crippen LogP contribution in [0.15, 0.2) is 60.7 Å². The highest BCUT2D eigenvalue weighted by atomic mass is 32.2. The fourth-order valence-electron chi connectivity index (χ4n) is 3.07. The molecule has 138 valence electrons. The zero-order valence-corrected chi connectivity index (χ0v) is 15.6. The largest absolute Gasteiger partial charge is 0.368 e. The van der Waals surface area contributed by atoms with Crippen LogP contribution >= 0.6 is 0 Å². The summed E-state index contributed by atoms with van der Waals surface area (Å²) in [6, 6.07) is 18.8. The lowest BCUT2D eigenvalue weighted by Gasteiger charge is -2.37. The van der Waals surface area contributed by atoms with Crippen LogP contribution in [0, 0.1) is 0 Å². The van der Waals surface area contributed by atoms with Crippen molar-refractivity contribution in [2.24, 2.45) is 0 Å². The molecule has 0 atom stereocenters. The van der Waals surface area contributed by atoms with E-state index in [0.717, 1.165) is 25.0 Å². The van der Waals surface area contributed by atoms with E-state index in [1.165, 1.54) is 4.31 Å². The second-order valence-corrected chi connectivity index (χ2v) is 8.22. The van der Waals surface area contributed by atoms with Crippen LogP contribution in [0.25, 0.3) is 0 Å². The van der Waals surface area contributed by atoms with Crippen LogP contribution in [-0.2, 0) is 14.8 Å². The maximum atomic E-state index is 12.7. The summed E-state index contributed by atoms with van der Waals surface area (Å²) in [5.74, 6) is -0.174. The summed E-state index contributed by atoms with van der Waals surface area (Å²) < 4.78 is 25.4. The predicted molar refractivity (Wildman–Crippen MR) is 104 cm³/mol. The van der Waals surface area contributed by atoms with Gasteiger partial charge in [-0.1, -0.05) is 36.4 Å². The Bertz CT molecular complexity index is 833. The van der Waals surface area contributed by atoms with Gasteiger partial charge in [0.05, 0.1) is 11.9 Å². The minimum Gasteiger partial charge on any atom is -0.368 e. The summed E-state index contributed by atoms with van der Waals surface area (Å²) in [5.41, 5.74) is 1.65. The van der Waals surface area contributed by atoms with Gasteiger partial charge in [0.15, 0.2) is 0 Å². The van der Waals surface area contributed by atoms with Crippen LogP contribution in [0.5, 0.6) is 0 Å². The molecule has 0 aromatic heterocycles. The van der Waals surface area contributed by atoms with Crippen molar-refractivity contribution in [2.45, 2.75) is 0 Å². The number of sulfonamides is 1. The highest BCUT2D eigenvalue weighted by Crippen LogP contribution is 2.18. The summed E-state index contributed by atoms with van der Waals surface area (Å²) in [6.45, 7) is 2.47. The molecule has 0 saturated carbocycles. The van der Waals surface area contributed by atoms with Crippen molar-refractivity contribution in [3.63, 3.8) is 0 Å². The Morgan fingerprint density at radius 3 is 2.00 bits per heavy atom. The normalized spacial score (nSPS) is 15.0. The molecule has 0 unspecified atom stereocenters. The Morgan fingerprint density at radius 2 is 1.46 bits per heavy atom. The molecule has 1 amide bonds. The van der Waals surface area contributed by atoms with Crippen molar-refractivity contribution >= 4 is 27.3 Å². The summed E-state index contributed by atoms with van der Waals surface area (Å²) >= 11 is 0. The van der Waals surface area contributed by atoms with Gasteiger partial charge in [-0.05, 0) is 24.3 Å². The first kappa shape index (κ1) is 18.3. The topological polar surface area (TPSA) is 60.9 Å². The zero-order chi connectivity index (χ0) is 18.6. The second kappa shape index (κ2) is 7.78. The van der Waals surface area contributed by atoms with Crippen LogP contribution in [-0.4, -0.2) is 58.2 Å². The summed E-state index contributed by atoms with van der Waals surface area (Å²) in [6.07, 6.45) is 1.13. The van der Waals surface area contributed by atoms with Gasteiger partial charge in [-0.15, -0.1) is 0 Å². The highest BCUT2D eigenvalue weighted by Gasteiger charge is 2.26. The number of nitrogens with zero attached hydrogens (tertiary/aromatic N) is 3. The van der Waals surface area contributed by atoms with E-state index in [4.69, 9.17) is 0 Å². The van der Waals surface area contributed by atoms with Crippen LogP contribution in [0.3, 0.4) is 0 Å². The standard InChI is InChI=1S/C19H23N3O3S/c1-26(24,25)22(18-10-6-3-7-11-18)16-19(23)21-14-12-20(13-15-21)17-8-4-2-5-9-17/h2-11H,12-16H2,1H3. The van der Waals surface area contributed by atoms with Crippen LogP contribution in [0.4, 0.5) is 11.4 Å². The Morgan fingerprint density at radius 1 is 0.923 bits per heavy atom. The smallest absolute Gasteiger partial charge is 0.243 e. The van der Waals surface area contributed by atoms with Crippen molar-refractivity contribution in [1.29, 1.82) is 0 Å². The third-order valence-electron chi connectivity index (χ3n) is 4.48. The molecule has 3 rings (SSSR count). The Balaban J connectivity index is 1.64. The SMILES string of the molecule is CS(=O)(=O)N(CC(=O)N1CCN(c2ccccc2)CC1)c1ccccc1. The molecular weight excluding hydrogens is 350 g/mol. The lowest BCUT2D eigenvalue weighted by atomic mass is 10.2. The molecule has 1 saturated heterocycles. The highest BCUT2D eigenvalue weighted by molar-refractivity contribution is 7.92. The number of anilines is 2. The summed E-state index contributed by atoms with van der Waals surface area (Å²) in [7, 11) is -3.53. The van der Waals surface area contributed by atoms with Crippen LogP contribution in [0.1, 0.15) is 0 Å². The summed E-state index contributed by atoms with van der Waals surface area (Å²) in [4.78, 5) is 16.6. The Kier molecular flexibility index (Phi) is 5.46. The van der Waals surface area contributed by atoms with E-state index in [2.05, 4.69) is 17.0 Å². The molecule has 1 aliphatic rings. The van der Waals surface area contributed by atoms with Gasteiger partial charge < -0.3 is 9.80 Å².